The molecule has 0 saturated carbocycles. The molecule has 1 aromatic carbocycles. The van der Waals surface area contributed by atoms with E-state index in [1.807, 2.05) is 30.9 Å². The topological polar surface area (TPSA) is 55.9 Å². The quantitative estimate of drug-likeness (QED) is 0.816. The molecular weight excluding hydrogens is 376 g/mol. The molecule has 3 rings (SSSR count). The van der Waals surface area contributed by atoms with Gasteiger partial charge in [-0.25, -0.2) is 0 Å². The second-order valence-corrected chi connectivity index (χ2v) is 8.39. The Hall–Kier alpha value is -1.63. The molecule has 2 saturated heterocycles. The van der Waals surface area contributed by atoms with Crippen molar-refractivity contribution in [1.82, 2.24) is 14.7 Å². The van der Waals surface area contributed by atoms with Crippen LogP contribution in [0.2, 0.25) is 5.02 Å². The SMILES string of the molecule is Cc1cc(C)c(NC(=O)CN2CCN(CC(=O)N3CCCCC3)CC2)c(Cl)c1. The minimum Gasteiger partial charge on any atom is -0.342 e. The highest BCUT2D eigenvalue weighted by atomic mass is 35.5. The molecule has 0 aliphatic carbocycles. The van der Waals surface area contributed by atoms with Crippen molar-refractivity contribution < 1.29 is 9.59 Å². The maximum absolute atomic E-state index is 12.5. The van der Waals surface area contributed by atoms with Crippen LogP contribution < -0.4 is 5.32 Å². The predicted octanol–water partition coefficient (Wildman–Crippen LogP) is 2.53. The number of hydrogen-bond acceptors (Lipinski definition) is 4. The van der Waals surface area contributed by atoms with Gasteiger partial charge in [-0.2, -0.15) is 0 Å². The van der Waals surface area contributed by atoms with Crippen LogP contribution in [0.3, 0.4) is 0 Å². The molecule has 0 unspecified atom stereocenters. The van der Waals surface area contributed by atoms with Gasteiger partial charge in [0, 0.05) is 39.3 Å². The Morgan fingerprint density at radius 3 is 2.14 bits per heavy atom. The molecule has 0 aromatic heterocycles. The van der Waals surface area contributed by atoms with Crippen molar-refractivity contribution in [3.05, 3.63) is 28.3 Å². The fourth-order valence-corrected chi connectivity index (χ4v) is 4.36. The number of halogens is 1. The Balaban J connectivity index is 1.42. The third kappa shape index (κ3) is 5.69. The van der Waals surface area contributed by atoms with Crippen molar-refractivity contribution in [2.24, 2.45) is 0 Å². The fraction of sp³-hybridized carbons (Fsp3) is 0.619. The lowest BCUT2D eigenvalue weighted by Crippen LogP contribution is -2.51. The maximum Gasteiger partial charge on any atom is 0.238 e. The molecule has 1 N–H and O–H groups in total. The Morgan fingerprint density at radius 2 is 1.54 bits per heavy atom. The molecule has 154 valence electrons. The number of likely N-dealkylation sites (tertiary alicyclic amines) is 1. The first-order valence-corrected chi connectivity index (χ1v) is 10.6. The summed E-state index contributed by atoms with van der Waals surface area (Å²) in [5.74, 6) is 0.196. The molecule has 0 atom stereocenters. The van der Waals surface area contributed by atoms with Crippen LogP contribution in [-0.4, -0.2) is 78.9 Å². The van der Waals surface area contributed by atoms with E-state index in [1.165, 1.54) is 6.42 Å². The van der Waals surface area contributed by atoms with Crippen molar-refractivity contribution in [3.63, 3.8) is 0 Å². The van der Waals surface area contributed by atoms with Crippen LogP contribution in [0, 0.1) is 13.8 Å². The number of piperazine rings is 1. The monoisotopic (exact) mass is 406 g/mol. The smallest absolute Gasteiger partial charge is 0.238 e. The second kappa shape index (κ2) is 9.72. The lowest BCUT2D eigenvalue weighted by Gasteiger charge is -2.35. The van der Waals surface area contributed by atoms with E-state index in [2.05, 4.69) is 15.1 Å². The van der Waals surface area contributed by atoms with Gasteiger partial charge in [-0.05, 0) is 50.3 Å². The molecule has 28 heavy (non-hydrogen) atoms. The Morgan fingerprint density at radius 1 is 0.929 bits per heavy atom. The number of carbonyl (C=O) groups is 2. The highest BCUT2D eigenvalue weighted by molar-refractivity contribution is 6.34. The van der Waals surface area contributed by atoms with Gasteiger partial charge in [0.2, 0.25) is 11.8 Å². The number of hydrogen-bond donors (Lipinski definition) is 1. The average Bonchev–Trinajstić information content (AvgIpc) is 2.67. The van der Waals surface area contributed by atoms with Crippen LogP contribution in [-0.2, 0) is 9.59 Å². The summed E-state index contributed by atoms with van der Waals surface area (Å²) >= 11 is 6.28. The van der Waals surface area contributed by atoms with Crippen LogP contribution >= 0.6 is 11.6 Å². The van der Waals surface area contributed by atoms with Crippen LogP contribution in [0.5, 0.6) is 0 Å². The Bertz CT molecular complexity index is 687. The maximum atomic E-state index is 12.5. The van der Waals surface area contributed by atoms with Crippen LogP contribution in [0.15, 0.2) is 12.1 Å². The molecule has 1 aromatic rings. The van der Waals surface area contributed by atoms with E-state index in [-0.39, 0.29) is 11.8 Å². The summed E-state index contributed by atoms with van der Waals surface area (Å²) in [6, 6.07) is 3.88. The van der Waals surface area contributed by atoms with Gasteiger partial charge in [0.25, 0.3) is 0 Å². The summed E-state index contributed by atoms with van der Waals surface area (Å²) in [6.07, 6.45) is 3.48. The number of amides is 2. The first-order valence-electron chi connectivity index (χ1n) is 10.2. The number of rotatable bonds is 5. The predicted molar refractivity (Wildman–Crippen MR) is 113 cm³/mol. The molecule has 0 spiro atoms. The van der Waals surface area contributed by atoms with E-state index in [0.717, 1.165) is 63.2 Å². The number of nitrogens with one attached hydrogen (secondary N) is 1. The van der Waals surface area contributed by atoms with Crippen molar-refractivity contribution in [2.75, 3.05) is 57.7 Å². The van der Waals surface area contributed by atoms with Gasteiger partial charge >= 0.3 is 0 Å². The molecule has 7 heteroatoms. The van der Waals surface area contributed by atoms with E-state index in [0.29, 0.717) is 23.8 Å². The van der Waals surface area contributed by atoms with E-state index in [1.54, 1.807) is 0 Å². The number of anilines is 1. The molecule has 2 aliphatic rings. The van der Waals surface area contributed by atoms with Gasteiger partial charge in [0.15, 0.2) is 0 Å². The van der Waals surface area contributed by atoms with Crippen LogP contribution in [0.1, 0.15) is 30.4 Å². The summed E-state index contributed by atoms with van der Waals surface area (Å²) in [7, 11) is 0. The first-order chi connectivity index (χ1) is 13.4. The molecule has 2 aliphatic heterocycles. The Labute approximate surface area is 172 Å². The third-order valence-corrected chi connectivity index (χ3v) is 5.89. The van der Waals surface area contributed by atoms with Crippen molar-refractivity contribution in [2.45, 2.75) is 33.1 Å². The Kier molecular flexibility index (Phi) is 7.32. The summed E-state index contributed by atoms with van der Waals surface area (Å²) in [5.41, 5.74) is 2.75. The van der Waals surface area contributed by atoms with Crippen molar-refractivity contribution in [1.29, 1.82) is 0 Å². The molecule has 0 bridgehead atoms. The van der Waals surface area contributed by atoms with Gasteiger partial charge in [-0.3, -0.25) is 19.4 Å². The normalized spacial score (nSPS) is 18.9. The summed E-state index contributed by atoms with van der Waals surface area (Å²) < 4.78 is 0. The number of carbonyl (C=O) groups excluding carboxylic acids is 2. The van der Waals surface area contributed by atoms with E-state index >= 15 is 0 Å². The van der Waals surface area contributed by atoms with Crippen LogP contribution in [0.25, 0.3) is 0 Å². The number of benzene rings is 1. The highest BCUT2D eigenvalue weighted by Crippen LogP contribution is 2.27. The van der Waals surface area contributed by atoms with E-state index in [4.69, 9.17) is 11.6 Å². The lowest BCUT2D eigenvalue weighted by atomic mass is 10.1. The van der Waals surface area contributed by atoms with Gasteiger partial charge in [-0.15, -0.1) is 0 Å². The summed E-state index contributed by atoms with van der Waals surface area (Å²) in [4.78, 5) is 31.2. The molecule has 2 fully saturated rings. The standard InChI is InChI=1S/C21H31ClN4O2/c1-16-12-17(2)21(18(22)13-16)23-19(27)14-24-8-10-25(11-9-24)15-20(28)26-6-4-3-5-7-26/h12-13H,3-11,14-15H2,1-2H3,(H,23,27). The molecular formula is C21H31ClN4O2. The zero-order valence-electron chi connectivity index (χ0n) is 17.0. The second-order valence-electron chi connectivity index (χ2n) is 7.98. The summed E-state index contributed by atoms with van der Waals surface area (Å²) in [5, 5.41) is 3.53. The molecule has 6 nitrogen and oxygen atoms in total. The largest absolute Gasteiger partial charge is 0.342 e. The molecule has 2 heterocycles. The van der Waals surface area contributed by atoms with Gasteiger partial charge in [-0.1, -0.05) is 17.7 Å². The zero-order chi connectivity index (χ0) is 20.1. The van der Waals surface area contributed by atoms with Crippen molar-refractivity contribution in [3.8, 4) is 0 Å². The number of piperidine rings is 1. The van der Waals surface area contributed by atoms with E-state index < -0.39 is 0 Å². The average molecular weight is 407 g/mol. The highest BCUT2D eigenvalue weighted by Gasteiger charge is 2.23. The minimum atomic E-state index is -0.0494. The van der Waals surface area contributed by atoms with Gasteiger partial charge in [0.05, 0.1) is 23.8 Å². The fourth-order valence-electron chi connectivity index (χ4n) is 4.00. The van der Waals surface area contributed by atoms with Gasteiger partial charge in [0.1, 0.15) is 0 Å². The summed E-state index contributed by atoms with van der Waals surface area (Å²) in [6.45, 7) is 9.80. The van der Waals surface area contributed by atoms with Crippen molar-refractivity contribution >= 4 is 29.1 Å². The van der Waals surface area contributed by atoms with Gasteiger partial charge < -0.3 is 10.2 Å². The number of aryl methyl sites for hydroxylation is 2. The lowest BCUT2D eigenvalue weighted by molar-refractivity contribution is -0.134. The minimum absolute atomic E-state index is 0.0494. The third-order valence-electron chi connectivity index (χ3n) is 5.60. The molecule has 2 amide bonds. The zero-order valence-corrected chi connectivity index (χ0v) is 17.7. The van der Waals surface area contributed by atoms with Crippen LogP contribution in [0.4, 0.5) is 5.69 Å². The van der Waals surface area contributed by atoms with E-state index in [9.17, 15) is 9.59 Å². The first kappa shape index (κ1) is 21.1. The molecule has 0 radical (unpaired) electrons. The number of nitrogens with zero attached hydrogens (tertiary/aromatic N) is 3.